The number of rotatable bonds is 3. The van der Waals surface area contributed by atoms with E-state index in [1.165, 1.54) is 16.7 Å². The van der Waals surface area contributed by atoms with Gasteiger partial charge in [0.2, 0.25) is 0 Å². The van der Waals surface area contributed by atoms with Crippen LogP contribution in [0, 0.1) is 0 Å². The zero-order valence-corrected chi connectivity index (χ0v) is 18.0. The quantitative estimate of drug-likeness (QED) is 0.549. The number of fused-ring (bicyclic) bond motifs is 2. The smallest absolute Gasteiger partial charge is 0.155 e. The van der Waals surface area contributed by atoms with E-state index in [0.29, 0.717) is 11.1 Å². The summed E-state index contributed by atoms with van der Waals surface area (Å²) < 4.78 is 2.12. The van der Waals surface area contributed by atoms with Crippen molar-refractivity contribution in [3.05, 3.63) is 94.9 Å². The summed E-state index contributed by atoms with van der Waals surface area (Å²) in [5, 5.41) is 0.496. The minimum Gasteiger partial charge on any atom is -0.299 e. The zero-order valence-electron chi connectivity index (χ0n) is 17.3. The molecule has 1 aliphatic heterocycles. The fourth-order valence-electron chi connectivity index (χ4n) is 4.88. The molecule has 2 aromatic heterocycles. The summed E-state index contributed by atoms with van der Waals surface area (Å²) in [7, 11) is 0. The number of hydrogen-bond acceptors (Lipinski definition) is 3. The molecule has 0 bridgehead atoms. The second-order valence-electron chi connectivity index (χ2n) is 8.68. The molecule has 3 heterocycles. The third-order valence-electron chi connectivity index (χ3n) is 6.57. The molecule has 4 aliphatic rings. The van der Waals surface area contributed by atoms with E-state index in [0.717, 1.165) is 60.4 Å². The van der Waals surface area contributed by atoms with Crippen LogP contribution in [-0.2, 0) is 0 Å². The molecule has 1 saturated carbocycles. The third kappa shape index (κ3) is 3.17. The normalized spacial score (nSPS) is 23.1. The van der Waals surface area contributed by atoms with E-state index in [-0.39, 0.29) is 6.04 Å². The first kappa shape index (κ1) is 18.8. The molecule has 0 radical (unpaired) electrons. The van der Waals surface area contributed by atoms with Crippen molar-refractivity contribution in [2.75, 3.05) is 0 Å². The fourth-order valence-corrected chi connectivity index (χ4v) is 5.12. The van der Waals surface area contributed by atoms with E-state index in [1.54, 1.807) is 6.20 Å². The maximum absolute atomic E-state index is 6.57. The van der Waals surface area contributed by atoms with Crippen LogP contribution >= 0.6 is 11.6 Å². The van der Waals surface area contributed by atoms with Crippen molar-refractivity contribution in [1.29, 1.82) is 0 Å². The van der Waals surface area contributed by atoms with Gasteiger partial charge in [-0.3, -0.25) is 9.39 Å². The van der Waals surface area contributed by atoms with Gasteiger partial charge >= 0.3 is 0 Å². The first-order valence-electron chi connectivity index (χ1n) is 10.9. The summed E-state index contributed by atoms with van der Waals surface area (Å²) in [6, 6.07) is 0.107. The van der Waals surface area contributed by atoms with Gasteiger partial charge in [0.25, 0.3) is 0 Å². The Hall–Kier alpha value is -2.98. The Kier molecular flexibility index (Phi) is 4.43. The van der Waals surface area contributed by atoms with Gasteiger partial charge in [0.1, 0.15) is 11.3 Å². The number of halogens is 1. The van der Waals surface area contributed by atoms with Crippen molar-refractivity contribution in [1.82, 2.24) is 14.4 Å². The zero-order chi connectivity index (χ0) is 20.9. The van der Waals surface area contributed by atoms with Crippen molar-refractivity contribution < 1.29 is 0 Å². The van der Waals surface area contributed by atoms with Crippen LogP contribution in [0.15, 0.2) is 83.2 Å². The molecule has 4 nitrogen and oxygen atoms in total. The number of aromatic nitrogens is 3. The van der Waals surface area contributed by atoms with Crippen LogP contribution in [-0.4, -0.2) is 26.1 Å². The number of aliphatic imine (C=N–C) groups is 1. The number of hydrogen-bond donors (Lipinski definition) is 0. The molecule has 3 aliphatic carbocycles. The van der Waals surface area contributed by atoms with Crippen molar-refractivity contribution >= 4 is 28.4 Å². The number of imidazole rings is 1. The lowest BCUT2D eigenvalue weighted by Crippen LogP contribution is -2.18. The standard InChI is InChI=1S/C26H23ClN4/c1-16-13-20(14-16)26-30-23(24-25(27)28-11-12-31(24)26)19-8-7-18-9-10-21(29-22(18)15-19)17-5-3-2-4-6-17/h3,5-12,20,22H,1-2,4,13-15H2. The lowest BCUT2D eigenvalue weighted by molar-refractivity contribution is 0.520. The molecule has 2 aromatic rings. The van der Waals surface area contributed by atoms with Gasteiger partial charge in [-0.1, -0.05) is 60.2 Å². The molecule has 0 aromatic carbocycles. The Morgan fingerprint density at radius 2 is 1.97 bits per heavy atom. The molecule has 1 fully saturated rings. The van der Waals surface area contributed by atoms with Gasteiger partial charge in [-0.15, -0.1) is 0 Å². The fraction of sp³-hybridized carbons (Fsp3) is 0.269. The van der Waals surface area contributed by atoms with Crippen molar-refractivity contribution in [3.63, 3.8) is 0 Å². The highest BCUT2D eigenvalue weighted by molar-refractivity contribution is 6.33. The van der Waals surface area contributed by atoms with Gasteiger partial charge in [-0.2, -0.15) is 0 Å². The van der Waals surface area contributed by atoms with Gasteiger partial charge in [0.05, 0.1) is 17.4 Å². The molecular weight excluding hydrogens is 404 g/mol. The van der Waals surface area contributed by atoms with Crippen LogP contribution < -0.4 is 0 Å². The van der Waals surface area contributed by atoms with Crippen LogP contribution in [0.3, 0.4) is 0 Å². The van der Waals surface area contributed by atoms with E-state index < -0.39 is 0 Å². The van der Waals surface area contributed by atoms with Crippen LogP contribution in [0.4, 0.5) is 0 Å². The van der Waals surface area contributed by atoms with Crippen molar-refractivity contribution in [2.45, 2.75) is 44.1 Å². The Bertz CT molecular complexity index is 1290. The van der Waals surface area contributed by atoms with Crippen LogP contribution in [0.25, 0.3) is 11.1 Å². The second kappa shape index (κ2) is 7.31. The van der Waals surface area contributed by atoms with Gasteiger partial charge < -0.3 is 0 Å². The maximum Gasteiger partial charge on any atom is 0.155 e. The van der Waals surface area contributed by atoms with Gasteiger partial charge in [-0.05, 0) is 48.5 Å². The number of nitrogens with zero attached hydrogens (tertiary/aromatic N) is 4. The lowest BCUT2D eigenvalue weighted by atomic mass is 9.80. The summed E-state index contributed by atoms with van der Waals surface area (Å²) in [4.78, 5) is 14.5. The minimum atomic E-state index is 0.107. The van der Waals surface area contributed by atoms with Crippen LogP contribution in [0.2, 0.25) is 5.15 Å². The van der Waals surface area contributed by atoms with E-state index in [1.807, 2.05) is 6.20 Å². The van der Waals surface area contributed by atoms with E-state index in [4.69, 9.17) is 21.6 Å². The SMILES string of the molecule is C=C1CC(c2nc(C3=CC=C4C=CC(C5=CCCC=C5)=NC4C3)c3c(Cl)nccn23)C1. The molecular formula is C26H23ClN4. The summed E-state index contributed by atoms with van der Waals surface area (Å²) in [5.41, 5.74) is 7.83. The van der Waals surface area contributed by atoms with Gasteiger partial charge in [0.15, 0.2) is 5.15 Å². The molecule has 31 heavy (non-hydrogen) atoms. The number of dihydropyridines is 1. The Labute approximate surface area is 186 Å². The molecule has 1 atom stereocenters. The maximum atomic E-state index is 6.57. The first-order valence-corrected chi connectivity index (χ1v) is 11.3. The average molecular weight is 427 g/mol. The van der Waals surface area contributed by atoms with E-state index >= 15 is 0 Å². The molecule has 6 rings (SSSR count). The summed E-state index contributed by atoms with van der Waals surface area (Å²) >= 11 is 6.57. The summed E-state index contributed by atoms with van der Waals surface area (Å²) in [6.07, 6.45) is 24.1. The summed E-state index contributed by atoms with van der Waals surface area (Å²) in [6.45, 7) is 4.10. The predicted molar refractivity (Wildman–Crippen MR) is 127 cm³/mol. The van der Waals surface area contributed by atoms with Crippen molar-refractivity contribution in [2.24, 2.45) is 4.99 Å². The molecule has 0 saturated heterocycles. The van der Waals surface area contributed by atoms with Gasteiger partial charge in [0, 0.05) is 24.7 Å². The predicted octanol–water partition coefficient (Wildman–Crippen LogP) is 6.19. The largest absolute Gasteiger partial charge is 0.299 e. The van der Waals surface area contributed by atoms with Crippen molar-refractivity contribution in [3.8, 4) is 0 Å². The van der Waals surface area contributed by atoms with Crippen LogP contribution in [0.1, 0.15) is 49.5 Å². The molecule has 1 unspecified atom stereocenters. The molecule has 5 heteroatoms. The lowest BCUT2D eigenvalue weighted by Gasteiger charge is -2.27. The highest BCUT2D eigenvalue weighted by atomic mass is 35.5. The summed E-state index contributed by atoms with van der Waals surface area (Å²) in [5.74, 6) is 1.46. The molecule has 0 amide bonds. The minimum absolute atomic E-state index is 0.107. The second-order valence-corrected chi connectivity index (χ2v) is 9.03. The highest BCUT2D eigenvalue weighted by Gasteiger charge is 2.31. The topological polar surface area (TPSA) is 42.5 Å². The Morgan fingerprint density at radius 1 is 1.06 bits per heavy atom. The number of allylic oxidation sites excluding steroid dienone is 8. The molecule has 0 N–H and O–H groups in total. The monoisotopic (exact) mass is 426 g/mol. The Morgan fingerprint density at radius 3 is 2.77 bits per heavy atom. The first-order chi connectivity index (χ1) is 15.2. The third-order valence-corrected chi connectivity index (χ3v) is 6.85. The average Bonchev–Trinajstić information content (AvgIpc) is 3.17. The Balaban J connectivity index is 1.39. The molecule has 154 valence electrons. The van der Waals surface area contributed by atoms with E-state index in [2.05, 4.69) is 58.5 Å². The van der Waals surface area contributed by atoms with E-state index in [9.17, 15) is 0 Å². The van der Waals surface area contributed by atoms with Gasteiger partial charge in [-0.25, -0.2) is 9.97 Å². The highest BCUT2D eigenvalue weighted by Crippen LogP contribution is 2.42. The molecule has 0 spiro atoms. The van der Waals surface area contributed by atoms with Crippen LogP contribution in [0.5, 0.6) is 0 Å².